The second-order valence-corrected chi connectivity index (χ2v) is 8.20. The standard InChI is InChI=1S/C26H22ClF3N2O3/c1-18(17-32(26(28,29)30)20-10-4-2-5-11-20)24(27)25(33)35-23(16-31)19-9-8-14-22(15-19)34-21-12-6-3-7-13-21/h2-15,18,23-24H,17H2,1H3. The fourth-order valence-electron chi connectivity index (χ4n) is 3.29. The topological polar surface area (TPSA) is 62.6 Å². The van der Waals surface area contributed by atoms with Gasteiger partial charge in [0.25, 0.3) is 0 Å². The van der Waals surface area contributed by atoms with E-state index in [1.807, 2.05) is 12.1 Å². The van der Waals surface area contributed by atoms with E-state index in [4.69, 9.17) is 21.1 Å². The van der Waals surface area contributed by atoms with E-state index in [1.54, 1.807) is 54.6 Å². The minimum Gasteiger partial charge on any atom is -0.457 e. The van der Waals surface area contributed by atoms with Gasteiger partial charge in [-0.1, -0.05) is 55.5 Å². The molecule has 0 aliphatic carbocycles. The molecule has 3 atom stereocenters. The van der Waals surface area contributed by atoms with E-state index in [9.17, 15) is 23.2 Å². The predicted molar refractivity (Wildman–Crippen MR) is 126 cm³/mol. The molecule has 0 aromatic heterocycles. The monoisotopic (exact) mass is 502 g/mol. The summed E-state index contributed by atoms with van der Waals surface area (Å²) in [4.78, 5) is 12.8. The number of alkyl halides is 4. The number of esters is 1. The van der Waals surface area contributed by atoms with Crippen LogP contribution in [0.3, 0.4) is 0 Å². The molecule has 0 bridgehead atoms. The third-order valence-electron chi connectivity index (χ3n) is 5.06. The van der Waals surface area contributed by atoms with Crippen LogP contribution >= 0.6 is 11.6 Å². The molecule has 0 aliphatic rings. The smallest absolute Gasteiger partial charge is 0.457 e. The second kappa shape index (κ2) is 11.6. The Kier molecular flexibility index (Phi) is 8.61. The molecule has 182 valence electrons. The number of carbonyl (C=O) groups excluding carboxylic acids is 1. The molecule has 3 rings (SSSR count). The molecular weight excluding hydrogens is 481 g/mol. The van der Waals surface area contributed by atoms with Gasteiger partial charge in [0.05, 0.1) is 0 Å². The van der Waals surface area contributed by atoms with Crippen molar-refractivity contribution >= 4 is 23.3 Å². The molecule has 0 aliphatic heterocycles. The Morgan fingerprint density at radius 1 is 1.00 bits per heavy atom. The number of nitriles is 1. The van der Waals surface area contributed by atoms with E-state index in [2.05, 4.69) is 0 Å². The summed E-state index contributed by atoms with van der Waals surface area (Å²) in [5.74, 6) is -0.935. The summed E-state index contributed by atoms with van der Waals surface area (Å²) in [5, 5.41) is 8.15. The van der Waals surface area contributed by atoms with E-state index >= 15 is 0 Å². The van der Waals surface area contributed by atoms with E-state index in [1.165, 1.54) is 31.2 Å². The quantitative estimate of drug-likeness (QED) is 0.182. The van der Waals surface area contributed by atoms with Gasteiger partial charge in [-0.05, 0) is 36.4 Å². The van der Waals surface area contributed by atoms with Gasteiger partial charge in [-0.2, -0.15) is 18.4 Å². The highest BCUT2D eigenvalue weighted by molar-refractivity contribution is 6.30. The SMILES string of the molecule is CC(CN(c1ccccc1)C(F)(F)F)C(Cl)C(=O)OC(C#N)c1cccc(Oc2ccccc2)c1. The Balaban J connectivity index is 1.68. The molecule has 0 saturated heterocycles. The summed E-state index contributed by atoms with van der Waals surface area (Å²) in [6.45, 7) is 0.838. The summed E-state index contributed by atoms with van der Waals surface area (Å²) in [6.07, 6.45) is -5.99. The number of rotatable bonds is 9. The number of hydrogen-bond donors (Lipinski definition) is 0. The first-order chi connectivity index (χ1) is 16.7. The molecule has 5 nitrogen and oxygen atoms in total. The number of carbonyl (C=O) groups is 1. The van der Waals surface area contributed by atoms with Crippen LogP contribution in [0.1, 0.15) is 18.6 Å². The van der Waals surface area contributed by atoms with Crippen LogP contribution in [-0.4, -0.2) is 24.2 Å². The summed E-state index contributed by atoms with van der Waals surface area (Å²) in [5.41, 5.74) is 0.265. The number of ether oxygens (including phenoxy) is 2. The van der Waals surface area contributed by atoms with Crippen molar-refractivity contribution in [3.63, 3.8) is 0 Å². The van der Waals surface area contributed by atoms with E-state index in [0.717, 1.165) is 0 Å². The minimum absolute atomic E-state index is 0.0748. The molecular formula is C26H22ClF3N2O3. The van der Waals surface area contributed by atoms with Gasteiger partial charge < -0.3 is 9.47 Å². The van der Waals surface area contributed by atoms with Crippen LogP contribution in [0.4, 0.5) is 18.9 Å². The van der Waals surface area contributed by atoms with Crippen LogP contribution in [0.2, 0.25) is 0 Å². The van der Waals surface area contributed by atoms with Crippen molar-refractivity contribution in [3.05, 3.63) is 90.5 Å². The Morgan fingerprint density at radius 3 is 2.20 bits per heavy atom. The Hall–Kier alpha value is -3.70. The van der Waals surface area contributed by atoms with Crippen molar-refractivity contribution in [3.8, 4) is 17.6 Å². The van der Waals surface area contributed by atoms with Gasteiger partial charge in [0.15, 0.2) is 0 Å². The summed E-state index contributed by atoms with van der Waals surface area (Å²) < 4.78 is 51.9. The van der Waals surface area contributed by atoms with Gasteiger partial charge in [0, 0.05) is 23.7 Å². The fourth-order valence-corrected chi connectivity index (χ4v) is 3.42. The molecule has 0 radical (unpaired) electrons. The van der Waals surface area contributed by atoms with E-state index < -0.39 is 36.2 Å². The summed E-state index contributed by atoms with van der Waals surface area (Å²) in [6, 6.07) is 24.5. The molecule has 0 fully saturated rings. The van der Waals surface area contributed by atoms with Gasteiger partial charge in [-0.3, -0.25) is 9.69 Å². The Bertz CT molecular complexity index is 1150. The third-order valence-corrected chi connectivity index (χ3v) is 5.67. The Morgan fingerprint density at radius 2 is 1.60 bits per heavy atom. The number of benzene rings is 3. The number of halogens is 4. The number of para-hydroxylation sites is 2. The first kappa shape index (κ1) is 25.9. The lowest BCUT2D eigenvalue weighted by Crippen LogP contribution is -2.44. The van der Waals surface area contributed by atoms with Crippen LogP contribution in [0, 0.1) is 17.2 Å². The largest absolute Gasteiger partial charge is 0.484 e. The molecule has 0 N–H and O–H groups in total. The average molecular weight is 503 g/mol. The van der Waals surface area contributed by atoms with Gasteiger partial charge in [-0.15, -0.1) is 11.6 Å². The number of anilines is 1. The first-order valence-electron chi connectivity index (χ1n) is 10.7. The molecule has 3 aromatic rings. The zero-order valence-corrected chi connectivity index (χ0v) is 19.4. The normalized spacial score (nSPS) is 13.7. The number of nitrogens with zero attached hydrogens (tertiary/aromatic N) is 2. The molecule has 9 heteroatoms. The average Bonchev–Trinajstić information content (AvgIpc) is 2.85. The van der Waals surface area contributed by atoms with Gasteiger partial charge in [-0.25, -0.2) is 0 Å². The van der Waals surface area contributed by atoms with Gasteiger partial charge >= 0.3 is 12.3 Å². The second-order valence-electron chi connectivity index (χ2n) is 7.73. The van der Waals surface area contributed by atoms with Crippen molar-refractivity contribution in [1.29, 1.82) is 5.26 Å². The van der Waals surface area contributed by atoms with Crippen LogP contribution in [0.25, 0.3) is 0 Å². The van der Waals surface area contributed by atoms with Crippen LogP contribution in [0.5, 0.6) is 11.5 Å². The van der Waals surface area contributed by atoms with Crippen LogP contribution in [0.15, 0.2) is 84.9 Å². The molecule has 0 amide bonds. The maximum Gasteiger partial charge on any atom is 0.484 e. The molecule has 0 spiro atoms. The van der Waals surface area contributed by atoms with Crippen LogP contribution < -0.4 is 9.64 Å². The predicted octanol–water partition coefficient (Wildman–Crippen LogP) is 6.86. The van der Waals surface area contributed by atoms with Crippen molar-refractivity contribution in [2.24, 2.45) is 5.92 Å². The zero-order chi connectivity index (χ0) is 25.4. The first-order valence-corrected chi connectivity index (χ1v) is 11.1. The lowest BCUT2D eigenvalue weighted by atomic mass is 10.1. The Labute approximate surface area is 206 Å². The zero-order valence-electron chi connectivity index (χ0n) is 18.7. The van der Waals surface area contributed by atoms with Gasteiger partial charge in [0.1, 0.15) is 22.9 Å². The molecule has 0 heterocycles. The molecule has 3 aromatic carbocycles. The highest BCUT2D eigenvalue weighted by atomic mass is 35.5. The van der Waals surface area contributed by atoms with E-state index in [0.29, 0.717) is 17.1 Å². The lowest BCUT2D eigenvalue weighted by molar-refractivity contribution is -0.148. The maximum atomic E-state index is 13.6. The minimum atomic E-state index is -4.68. The van der Waals surface area contributed by atoms with Crippen molar-refractivity contribution in [1.82, 2.24) is 0 Å². The van der Waals surface area contributed by atoms with Crippen LogP contribution in [-0.2, 0) is 9.53 Å². The van der Waals surface area contributed by atoms with E-state index in [-0.39, 0.29) is 10.6 Å². The molecule has 0 saturated carbocycles. The van der Waals surface area contributed by atoms with Gasteiger partial charge in [0.2, 0.25) is 6.10 Å². The number of hydrogen-bond acceptors (Lipinski definition) is 5. The summed E-state index contributed by atoms with van der Waals surface area (Å²) >= 11 is 6.19. The lowest BCUT2D eigenvalue weighted by Gasteiger charge is -2.30. The van der Waals surface area contributed by atoms with Crippen molar-refractivity contribution < 1.29 is 27.4 Å². The third kappa shape index (κ3) is 7.14. The van der Waals surface area contributed by atoms with Crippen molar-refractivity contribution in [2.75, 3.05) is 11.4 Å². The molecule has 3 unspecified atom stereocenters. The highest BCUT2D eigenvalue weighted by Gasteiger charge is 2.40. The molecule has 35 heavy (non-hydrogen) atoms. The fraction of sp³-hybridized carbons (Fsp3) is 0.231. The maximum absolute atomic E-state index is 13.6. The van der Waals surface area contributed by atoms with Crippen molar-refractivity contribution in [2.45, 2.75) is 24.7 Å². The highest BCUT2D eigenvalue weighted by Crippen LogP contribution is 2.31. The summed E-state index contributed by atoms with van der Waals surface area (Å²) in [7, 11) is 0.